The Balaban J connectivity index is 1.51. The zero-order valence-electron chi connectivity index (χ0n) is 13.7. The van der Waals surface area contributed by atoms with Gasteiger partial charge in [-0.15, -0.1) is 0 Å². The predicted octanol–water partition coefficient (Wildman–Crippen LogP) is 2.06. The first kappa shape index (κ1) is 15.9. The molecule has 1 aromatic heterocycles. The van der Waals surface area contributed by atoms with Crippen LogP contribution in [0.25, 0.3) is 10.9 Å². The molecule has 2 heterocycles. The summed E-state index contributed by atoms with van der Waals surface area (Å²) in [5, 5.41) is 4.76. The Labute approximate surface area is 148 Å². The van der Waals surface area contributed by atoms with Gasteiger partial charge in [0.1, 0.15) is 13.2 Å². The van der Waals surface area contributed by atoms with E-state index in [4.69, 9.17) is 9.47 Å². The first-order chi connectivity index (χ1) is 12.7. The maximum Gasteiger partial charge on any atom is 0.271 e. The SMILES string of the molecule is O=C(N/N=C/c1cc2ccccc2[nH]c1=O)c1ccc2c(c1)OCCO2. The van der Waals surface area contributed by atoms with Crippen molar-refractivity contribution in [2.24, 2.45) is 5.10 Å². The summed E-state index contributed by atoms with van der Waals surface area (Å²) in [6, 6.07) is 14.1. The minimum Gasteiger partial charge on any atom is -0.486 e. The lowest BCUT2D eigenvalue weighted by atomic mass is 10.2. The largest absolute Gasteiger partial charge is 0.486 e. The van der Waals surface area contributed by atoms with Gasteiger partial charge >= 0.3 is 0 Å². The van der Waals surface area contributed by atoms with Crippen LogP contribution in [-0.4, -0.2) is 30.3 Å². The van der Waals surface area contributed by atoms with Crippen molar-refractivity contribution in [1.29, 1.82) is 0 Å². The molecule has 0 bridgehead atoms. The highest BCUT2D eigenvalue weighted by atomic mass is 16.6. The van der Waals surface area contributed by atoms with E-state index in [1.54, 1.807) is 24.3 Å². The molecule has 7 nitrogen and oxygen atoms in total. The number of carbonyl (C=O) groups excluding carboxylic acids is 1. The molecule has 2 N–H and O–H groups in total. The topological polar surface area (TPSA) is 92.8 Å². The molecule has 0 spiro atoms. The zero-order chi connectivity index (χ0) is 17.9. The maximum absolute atomic E-state index is 12.2. The van der Waals surface area contributed by atoms with Crippen LogP contribution in [0.5, 0.6) is 11.5 Å². The number of nitrogens with one attached hydrogen (secondary N) is 2. The standard InChI is InChI=1S/C19H15N3O4/c23-18-14(9-12-3-1-2-4-15(12)21-18)11-20-22-19(24)13-5-6-16-17(10-13)26-8-7-25-16/h1-6,9-11H,7-8H2,(H,21,23)(H,22,24)/b20-11+. The molecule has 1 amide bonds. The van der Waals surface area contributed by atoms with E-state index in [2.05, 4.69) is 15.5 Å². The lowest BCUT2D eigenvalue weighted by Crippen LogP contribution is -2.20. The molecular formula is C19H15N3O4. The summed E-state index contributed by atoms with van der Waals surface area (Å²) in [7, 11) is 0. The second kappa shape index (κ2) is 6.72. The van der Waals surface area contributed by atoms with Crippen LogP contribution in [0.1, 0.15) is 15.9 Å². The number of H-pyrrole nitrogens is 1. The van der Waals surface area contributed by atoms with Crippen molar-refractivity contribution in [3.05, 3.63) is 70.0 Å². The van der Waals surface area contributed by atoms with Crippen LogP contribution in [0.2, 0.25) is 0 Å². The van der Waals surface area contributed by atoms with Gasteiger partial charge in [-0.05, 0) is 35.7 Å². The molecule has 0 fully saturated rings. The molecule has 0 unspecified atom stereocenters. The van der Waals surface area contributed by atoms with Crippen molar-refractivity contribution < 1.29 is 14.3 Å². The van der Waals surface area contributed by atoms with Gasteiger partial charge in [-0.1, -0.05) is 18.2 Å². The number of fused-ring (bicyclic) bond motifs is 2. The van der Waals surface area contributed by atoms with Gasteiger partial charge < -0.3 is 14.5 Å². The fourth-order valence-electron chi connectivity index (χ4n) is 2.67. The van der Waals surface area contributed by atoms with Gasteiger partial charge in [-0.25, -0.2) is 5.43 Å². The van der Waals surface area contributed by atoms with Gasteiger partial charge in [-0.2, -0.15) is 5.10 Å². The number of aromatic nitrogens is 1. The molecule has 3 aromatic rings. The number of rotatable bonds is 3. The number of benzene rings is 2. The quantitative estimate of drug-likeness (QED) is 0.559. The molecule has 4 rings (SSSR count). The van der Waals surface area contributed by atoms with Crippen molar-refractivity contribution >= 4 is 23.0 Å². The average Bonchev–Trinajstić information content (AvgIpc) is 2.68. The Morgan fingerprint density at radius 2 is 1.88 bits per heavy atom. The number of pyridine rings is 1. The molecule has 1 aliphatic rings. The fraction of sp³-hybridized carbons (Fsp3) is 0.105. The lowest BCUT2D eigenvalue weighted by Gasteiger charge is -2.18. The molecule has 0 aliphatic carbocycles. The number of ether oxygens (including phenoxy) is 2. The van der Waals surface area contributed by atoms with Crippen LogP contribution in [-0.2, 0) is 0 Å². The third-order valence-corrected chi connectivity index (χ3v) is 3.96. The Hall–Kier alpha value is -3.61. The van der Waals surface area contributed by atoms with Crippen LogP contribution in [0.3, 0.4) is 0 Å². The summed E-state index contributed by atoms with van der Waals surface area (Å²) in [5.41, 5.74) is 3.62. The van der Waals surface area contributed by atoms with Crippen LogP contribution >= 0.6 is 0 Å². The first-order valence-corrected chi connectivity index (χ1v) is 8.06. The smallest absolute Gasteiger partial charge is 0.271 e. The number of para-hydroxylation sites is 1. The number of amides is 1. The van der Waals surface area contributed by atoms with E-state index >= 15 is 0 Å². The number of aromatic amines is 1. The van der Waals surface area contributed by atoms with Crippen LogP contribution in [0.4, 0.5) is 0 Å². The molecule has 7 heteroatoms. The fourth-order valence-corrected chi connectivity index (χ4v) is 2.67. The zero-order valence-corrected chi connectivity index (χ0v) is 13.7. The van der Waals surface area contributed by atoms with Gasteiger partial charge in [0.25, 0.3) is 11.5 Å². The molecule has 26 heavy (non-hydrogen) atoms. The van der Waals surface area contributed by atoms with Crippen molar-refractivity contribution in [2.45, 2.75) is 0 Å². The Morgan fingerprint density at radius 3 is 2.77 bits per heavy atom. The molecular weight excluding hydrogens is 334 g/mol. The number of carbonyl (C=O) groups is 1. The Kier molecular flexibility index (Phi) is 4.10. The number of hydrazone groups is 1. The molecule has 0 saturated carbocycles. The van der Waals surface area contributed by atoms with Crippen LogP contribution in [0, 0.1) is 0 Å². The molecule has 0 radical (unpaired) electrons. The van der Waals surface area contributed by atoms with E-state index in [0.29, 0.717) is 35.8 Å². The Morgan fingerprint density at radius 1 is 1.08 bits per heavy atom. The van der Waals surface area contributed by atoms with E-state index in [1.165, 1.54) is 6.21 Å². The van der Waals surface area contributed by atoms with Crippen molar-refractivity contribution in [2.75, 3.05) is 13.2 Å². The van der Waals surface area contributed by atoms with Gasteiger partial charge in [-0.3, -0.25) is 9.59 Å². The molecule has 1 aliphatic heterocycles. The summed E-state index contributed by atoms with van der Waals surface area (Å²) in [6.07, 6.45) is 1.32. The van der Waals surface area contributed by atoms with Gasteiger partial charge in [0.2, 0.25) is 0 Å². The normalized spacial score (nSPS) is 13.1. The minimum atomic E-state index is -0.407. The van der Waals surface area contributed by atoms with E-state index in [0.717, 1.165) is 10.9 Å². The third kappa shape index (κ3) is 3.14. The molecule has 130 valence electrons. The van der Waals surface area contributed by atoms with Gasteiger partial charge in [0.05, 0.1) is 11.8 Å². The van der Waals surface area contributed by atoms with Crippen LogP contribution in [0.15, 0.2) is 58.4 Å². The second-order valence-corrected chi connectivity index (χ2v) is 5.70. The van der Waals surface area contributed by atoms with E-state index in [1.807, 2.05) is 24.3 Å². The highest BCUT2D eigenvalue weighted by molar-refractivity contribution is 5.95. The monoisotopic (exact) mass is 349 g/mol. The Bertz CT molecular complexity index is 1070. The third-order valence-electron chi connectivity index (χ3n) is 3.96. The average molecular weight is 349 g/mol. The number of hydrogen-bond donors (Lipinski definition) is 2. The second-order valence-electron chi connectivity index (χ2n) is 5.70. The molecule has 2 aromatic carbocycles. The summed E-state index contributed by atoms with van der Waals surface area (Å²) in [4.78, 5) is 27.0. The number of nitrogens with zero attached hydrogens (tertiary/aromatic N) is 1. The lowest BCUT2D eigenvalue weighted by molar-refractivity contribution is 0.0954. The van der Waals surface area contributed by atoms with Crippen molar-refractivity contribution in [1.82, 2.24) is 10.4 Å². The van der Waals surface area contributed by atoms with Gasteiger partial charge in [0.15, 0.2) is 11.5 Å². The summed E-state index contributed by atoms with van der Waals surface area (Å²) >= 11 is 0. The predicted molar refractivity (Wildman–Crippen MR) is 97.1 cm³/mol. The molecule has 0 atom stereocenters. The van der Waals surface area contributed by atoms with E-state index in [9.17, 15) is 9.59 Å². The highest BCUT2D eigenvalue weighted by Gasteiger charge is 2.14. The number of hydrogen-bond acceptors (Lipinski definition) is 5. The summed E-state index contributed by atoms with van der Waals surface area (Å²) < 4.78 is 10.9. The minimum absolute atomic E-state index is 0.277. The van der Waals surface area contributed by atoms with Gasteiger partial charge in [0, 0.05) is 11.1 Å². The van der Waals surface area contributed by atoms with Crippen molar-refractivity contribution in [3.8, 4) is 11.5 Å². The van der Waals surface area contributed by atoms with E-state index in [-0.39, 0.29) is 5.56 Å². The van der Waals surface area contributed by atoms with Crippen LogP contribution < -0.4 is 20.5 Å². The first-order valence-electron chi connectivity index (χ1n) is 8.06. The van der Waals surface area contributed by atoms with E-state index < -0.39 is 5.91 Å². The maximum atomic E-state index is 12.2. The highest BCUT2D eigenvalue weighted by Crippen LogP contribution is 2.30. The van der Waals surface area contributed by atoms with Crippen molar-refractivity contribution in [3.63, 3.8) is 0 Å². The molecule has 0 saturated heterocycles. The summed E-state index contributed by atoms with van der Waals surface area (Å²) in [5.74, 6) is 0.730. The summed E-state index contributed by atoms with van der Waals surface area (Å²) in [6.45, 7) is 0.935.